The number of likely N-dealkylation sites (tertiary alicyclic amines) is 1. The Balaban J connectivity index is 1.98. The van der Waals surface area contributed by atoms with Gasteiger partial charge in [0.1, 0.15) is 5.82 Å². The van der Waals surface area contributed by atoms with Crippen LogP contribution in [0.15, 0.2) is 18.2 Å². The Labute approximate surface area is 115 Å². The highest BCUT2D eigenvalue weighted by molar-refractivity contribution is 5.27. The fourth-order valence-corrected chi connectivity index (χ4v) is 2.87. The molecule has 1 unspecified atom stereocenters. The van der Waals surface area contributed by atoms with Crippen LogP contribution in [0.3, 0.4) is 0 Å². The molecule has 2 N–H and O–H groups in total. The van der Waals surface area contributed by atoms with Crippen molar-refractivity contribution in [2.75, 3.05) is 27.2 Å². The van der Waals surface area contributed by atoms with Crippen LogP contribution in [0.5, 0.6) is 0 Å². The van der Waals surface area contributed by atoms with Crippen molar-refractivity contribution in [2.24, 2.45) is 5.73 Å². The summed E-state index contributed by atoms with van der Waals surface area (Å²) in [5.74, 6) is -0.182. The van der Waals surface area contributed by atoms with Crippen molar-refractivity contribution in [1.82, 2.24) is 9.80 Å². The number of hydrogen-bond acceptors (Lipinski definition) is 3. The third-order valence-electron chi connectivity index (χ3n) is 4.02. The molecule has 19 heavy (non-hydrogen) atoms. The fourth-order valence-electron chi connectivity index (χ4n) is 2.87. The zero-order chi connectivity index (χ0) is 13.8. The number of halogens is 1. The average Bonchev–Trinajstić information content (AvgIpc) is 2.75. The van der Waals surface area contributed by atoms with Crippen LogP contribution in [0, 0.1) is 5.82 Å². The van der Waals surface area contributed by atoms with Crippen molar-refractivity contribution in [2.45, 2.75) is 32.0 Å². The Bertz CT molecular complexity index is 422. The normalized spacial score (nSPS) is 20.4. The molecule has 0 aliphatic carbocycles. The zero-order valence-corrected chi connectivity index (χ0v) is 11.9. The molecule has 1 heterocycles. The summed E-state index contributed by atoms with van der Waals surface area (Å²) < 4.78 is 13.3. The van der Waals surface area contributed by atoms with Crippen LogP contribution in [-0.2, 0) is 13.1 Å². The molecule has 1 saturated heterocycles. The van der Waals surface area contributed by atoms with E-state index in [0.29, 0.717) is 12.6 Å². The number of nitrogens with two attached hydrogens (primary N) is 1. The largest absolute Gasteiger partial charge is 0.326 e. The maximum atomic E-state index is 13.3. The van der Waals surface area contributed by atoms with Gasteiger partial charge < -0.3 is 15.5 Å². The standard InChI is InChI=1S/C15H24FN3/c1-18(11-15-4-3-7-19(15)2)10-13-8-14(16)6-5-12(13)9-17/h5-6,8,15H,3-4,7,9-11,17H2,1-2H3. The summed E-state index contributed by atoms with van der Waals surface area (Å²) in [6.45, 7) is 3.44. The predicted molar refractivity (Wildman–Crippen MR) is 76.3 cm³/mol. The van der Waals surface area contributed by atoms with E-state index in [1.165, 1.54) is 25.5 Å². The summed E-state index contributed by atoms with van der Waals surface area (Å²) in [7, 11) is 4.27. The minimum absolute atomic E-state index is 0.182. The summed E-state index contributed by atoms with van der Waals surface area (Å²) in [5.41, 5.74) is 7.75. The third kappa shape index (κ3) is 3.75. The summed E-state index contributed by atoms with van der Waals surface area (Å²) in [6, 6.07) is 5.51. The van der Waals surface area contributed by atoms with E-state index in [4.69, 9.17) is 5.73 Å². The van der Waals surface area contributed by atoms with Crippen molar-refractivity contribution in [1.29, 1.82) is 0 Å². The van der Waals surface area contributed by atoms with Gasteiger partial charge >= 0.3 is 0 Å². The van der Waals surface area contributed by atoms with Crippen molar-refractivity contribution < 1.29 is 4.39 Å². The molecule has 0 spiro atoms. The molecule has 0 aromatic heterocycles. The van der Waals surface area contributed by atoms with Crippen LogP contribution in [0.2, 0.25) is 0 Å². The van der Waals surface area contributed by atoms with Gasteiger partial charge in [0.15, 0.2) is 0 Å². The van der Waals surface area contributed by atoms with Crippen molar-refractivity contribution >= 4 is 0 Å². The zero-order valence-electron chi connectivity index (χ0n) is 11.9. The van der Waals surface area contributed by atoms with Gasteiger partial charge in [-0.3, -0.25) is 0 Å². The Hall–Kier alpha value is -0.970. The lowest BCUT2D eigenvalue weighted by atomic mass is 10.1. The monoisotopic (exact) mass is 265 g/mol. The second kappa shape index (κ2) is 6.46. The van der Waals surface area contributed by atoms with E-state index in [9.17, 15) is 4.39 Å². The van der Waals surface area contributed by atoms with Gasteiger partial charge in [-0.05, 0) is 56.7 Å². The summed E-state index contributed by atoms with van der Waals surface area (Å²) in [4.78, 5) is 4.67. The van der Waals surface area contributed by atoms with E-state index >= 15 is 0 Å². The molecule has 0 radical (unpaired) electrons. The maximum Gasteiger partial charge on any atom is 0.123 e. The Morgan fingerprint density at radius 1 is 1.42 bits per heavy atom. The number of rotatable bonds is 5. The molecule has 0 saturated carbocycles. The lowest BCUT2D eigenvalue weighted by molar-refractivity contribution is 0.215. The topological polar surface area (TPSA) is 32.5 Å². The molecule has 3 nitrogen and oxygen atoms in total. The van der Waals surface area contributed by atoms with Gasteiger partial charge in [-0.2, -0.15) is 0 Å². The first-order valence-electron chi connectivity index (χ1n) is 6.96. The first-order chi connectivity index (χ1) is 9.10. The number of nitrogens with zero attached hydrogens (tertiary/aromatic N) is 2. The maximum absolute atomic E-state index is 13.3. The third-order valence-corrected chi connectivity index (χ3v) is 4.02. The van der Waals surface area contributed by atoms with Gasteiger partial charge in [-0.1, -0.05) is 6.07 Å². The molecule has 2 rings (SSSR count). The Morgan fingerprint density at radius 3 is 2.84 bits per heavy atom. The first-order valence-corrected chi connectivity index (χ1v) is 6.96. The Kier molecular flexibility index (Phi) is 4.91. The lowest BCUT2D eigenvalue weighted by Gasteiger charge is -2.26. The van der Waals surface area contributed by atoms with Crippen LogP contribution in [0.1, 0.15) is 24.0 Å². The highest BCUT2D eigenvalue weighted by atomic mass is 19.1. The van der Waals surface area contributed by atoms with Crippen LogP contribution in [0.25, 0.3) is 0 Å². The van der Waals surface area contributed by atoms with Gasteiger partial charge in [0.25, 0.3) is 0 Å². The van der Waals surface area contributed by atoms with Gasteiger partial charge in [0.2, 0.25) is 0 Å². The van der Waals surface area contributed by atoms with E-state index in [2.05, 4.69) is 23.9 Å². The highest BCUT2D eigenvalue weighted by Gasteiger charge is 2.22. The number of benzene rings is 1. The molecule has 1 aromatic rings. The highest BCUT2D eigenvalue weighted by Crippen LogP contribution is 2.18. The second-order valence-electron chi connectivity index (χ2n) is 5.59. The quantitative estimate of drug-likeness (QED) is 0.881. The number of hydrogen-bond donors (Lipinski definition) is 1. The smallest absolute Gasteiger partial charge is 0.123 e. The molecule has 1 fully saturated rings. The van der Waals surface area contributed by atoms with E-state index in [0.717, 1.165) is 24.2 Å². The van der Waals surface area contributed by atoms with Crippen molar-refractivity contribution in [3.8, 4) is 0 Å². The van der Waals surface area contributed by atoms with Gasteiger partial charge in [-0.15, -0.1) is 0 Å². The van der Waals surface area contributed by atoms with Gasteiger partial charge in [-0.25, -0.2) is 4.39 Å². The molecule has 1 aliphatic heterocycles. The average molecular weight is 265 g/mol. The van der Waals surface area contributed by atoms with Crippen LogP contribution >= 0.6 is 0 Å². The summed E-state index contributed by atoms with van der Waals surface area (Å²) >= 11 is 0. The van der Waals surface area contributed by atoms with Gasteiger partial charge in [0.05, 0.1) is 0 Å². The molecule has 0 bridgehead atoms. The predicted octanol–water partition coefficient (Wildman–Crippen LogP) is 1.81. The van der Waals surface area contributed by atoms with Crippen LogP contribution < -0.4 is 5.73 Å². The molecule has 0 amide bonds. The molecule has 1 aromatic carbocycles. The Morgan fingerprint density at radius 2 is 2.21 bits per heavy atom. The van der Waals surface area contributed by atoms with Crippen LogP contribution in [0.4, 0.5) is 4.39 Å². The van der Waals surface area contributed by atoms with E-state index in [-0.39, 0.29) is 5.82 Å². The number of likely N-dealkylation sites (N-methyl/N-ethyl adjacent to an activating group) is 2. The molecular weight excluding hydrogens is 241 g/mol. The molecular formula is C15H24FN3. The minimum atomic E-state index is -0.182. The van der Waals surface area contributed by atoms with Gasteiger partial charge in [0, 0.05) is 25.7 Å². The van der Waals surface area contributed by atoms with Crippen molar-refractivity contribution in [3.63, 3.8) is 0 Å². The summed E-state index contributed by atoms with van der Waals surface area (Å²) in [5, 5.41) is 0. The van der Waals surface area contributed by atoms with E-state index < -0.39 is 0 Å². The first kappa shape index (κ1) is 14.4. The molecule has 106 valence electrons. The van der Waals surface area contributed by atoms with Crippen molar-refractivity contribution in [3.05, 3.63) is 35.1 Å². The lowest BCUT2D eigenvalue weighted by Crippen LogP contribution is -2.36. The second-order valence-corrected chi connectivity index (χ2v) is 5.59. The molecule has 1 atom stereocenters. The van der Waals surface area contributed by atoms with Crippen LogP contribution in [-0.4, -0.2) is 43.0 Å². The molecule has 1 aliphatic rings. The molecule has 4 heteroatoms. The van der Waals surface area contributed by atoms with E-state index in [1.54, 1.807) is 12.1 Å². The SMILES string of the molecule is CN(Cc1cc(F)ccc1CN)CC1CCCN1C. The fraction of sp³-hybridized carbons (Fsp3) is 0.600. The van der Waals surface area contributed by atoms with E-state index in [1.807, 2.05) is 0 Å². The minimum Gasteiger partial charge on any atom is -0.326 e. The summed E-state index contributed by atoms with van der Waals surface area (Å²) in [6.07, 6.45) is 2.54.